The first-order valence-electron chi connectivity index (χ1n) is 8.27. The van der Waals surface area contributed by atoms with Gasteiger partial charge < -0.3 is 10.6 Å². The number of imidazole rings is 1. The van der Waals surface area contributed by atoms with Gasteiger partial charge in [0, 0.05) is 38.7 Å². The maximum atomic E-state index is 4.36. The Morgan fingerprint density at radius 1 is 1.08 bits per heavy atom. The van der Waals surface area contributed by atoms with Gasteiger partial charge in [-0.15, -0.1) is 0 Å². The lowest BCUT2D eigenvalue weighted by molar-refractivity contribution is 0.793. The molecule has 25 heavy (non-hydrogen) atoms. The zero-order valence-corrected chi connectivity index (χ0v) is 14.3. The summed E-state index contributed by atoms with van der Waals surface area (Å²) in [6.07, 6.45) is 8.12. The lowest BCUT2D eigenvalue weighted by Crippen LogP contribution is -2.37. The van der Waals surface area contributed by atoms with Gasteiger partial charge in [0.05, 0.1) is 0 Å². The van der Waals surface area contributed by atoms with Crippen LogP contribution < -0.4 is 10.6 Å². The second-order valence-corrected chi connectivity index (χ2v) is 5.58. The van der Waals surface area contributed by atoms with E-state index in [2.05, 4.69) is 49.9 Å². The van der Waals surface area contributed by atoms with Crippen LogP contribution in [0, 0.1) is 0 Å². The van der Waals surface area contributed by atoms with E-state index in [1.807, 2.05) is 29.0 Å². The maximum absolute atomic E-state index is 4.36. The van der Waals surface area contributed by atoms with E-state index in [9.17, 15) is 0 Å². The smallest absolute Gasteiger partial charge is 0.191 e. The number of aromatic nitrogens is 3. The van der Waals surface area contributed by atoms with Gasteiger partial charge in [0.15, 0.2) is 5.96 Å². The number of nitrogens with zero attached hydrogens (tertiary/aromatic N) is 4. The summed E-state index contributed by atoms with van der Waals surface area (Å²) in [5.41, 5.74) is 2.44. The van der Waals surface area contributed by atoms with Crippen LogP contribution in [0.1, 0.15) is 11.1 Å². The standard InChI is InChI=1S/C19H22N6/c1-20-19(23-10-7-16-5-3-2-4-6-16)24-14-17-8-9-22-18(13-17)25-12-11-21-15-25/h2-6,8-9,11-13,15H,7,10,14H2,1H3,(H2,20,23,24). The molecule has 6 heteroatoms. The van der Waals surface area contributed by atoms with E-state index in [0.717, 1.165) is 30.3 Å². The molecule has 2 N–H and O–H groups in total. The third-order valence-electron chi connectivity index (χ3n) is 3.81. The molecule has 0 spiro atoms. The number of aliphatic imine (C=N–C) groups is 1. The lowest BCUT2D eigenvalue weighted by Gasteiger charge is -2.12. The van der Waals surface area contributed by atoms with Crippen LogP contribution in [0.5, 0.6) is 0 Å². The van der Waals surface area contributed by atoms with Gasteiger partial charge in [-0.2, -0.15) is 0 Å². The Bertz CT molecular complexity index is 796. The second-order valence-electron chi connectivity index (χ2n) is 5.58. The van der Waals surface area contributed by atoms with Gasteiger partial charge in [-0.1, -0.05) is 30.3 Å². The van der Waals surface area contributed by atoms with Crippen molar-refractivity contribution in [1.82, 2.24) is 25.2 Å². The number of hydrogen-bond donors (Lipinski definition) is 2. The molecule has 0 aliphatic heterocycles. The van der Waals surface area contributed by atoms with Crippen molar-refractivity contribution >= 4 is 5.96 Å². The molecule has 6 nitrogen and oxygen atoms in total. The Morgan fingerprint density at radius 3 is 2.72 bits per heavy atom. The van der Waals surface area contributed by atoms with Gasteiger partial charge in [-0.3, -0.25) is 9.56 Å². The minimum absolute atomic E-state index is 0.676. The molecule has 0 saturated carbocycles. The van der Waals surface area contributed by atoms with Crippen molar-refractivity contribution in [2.75, 3.05) is 13.6 Å². The molecule has 0 unspecified atom stereocenters. The van der Waals surface area contributed by atoms with Crippen molar-refractivity contribution in [1.29, 1.82) is 0 Å². The van der Waals surface area contributed by atoms with Crippen LogP contribution in [0.3, 0.4) is 0 Å². The first kappa shape index (κ1) is 16.7. The van der Waals surface area contributed by atoms with Gasteiger partial charge in [0.25, 0.3) is 0 Å². The molecular weight excluding hydrogens is 312 g/mol. The highest BCUT2D eigenvalue weighted by atomic mass is 15.2. The van der Waals surface area contributed by atoms with E-state index in [-0.39, 0.29) is 0 Å². The normalized spacial score (nSPS) is 11.3. The molecule has 2 heterocycles. The summed E-state index contributed by atoms with van der Waals surface area (Å²) in [5.74, 6) is 1.64. The van der Waals surface area contributed by atoms with Crippen molar-refractivity contribution in [2.24, 2.45) is 4.99 Å². The van der Waals surface area contributed by atoms with Gasteiger partial charge in [0.1, 0.15) is 12.1 Å². The molecule has 0 fully saturated rings. The van der Waals surface area contributed by atoms with E-state index < -0.39 is 0 Å². The summed E-state index contributed by atoms with van der Waals surface area (Å²) in [7, 11) is 1.78. The number of guanidine groups is 1. The van der Waals surface area contributed by atoms with E-state index >= 15 is 0 Å². The van der Waals surface area contributed by atoms with Crippen LogP contribution in [0.25, 0.3) is 5.82 Å². The SMILES string of the molecule is CN=C(NCCc1ccccc1)NCc1ccnc(-n2ccnc2)c1. The van der Waals surface area contributed by atoms with Gasteiger partial charge >= 0.3 is 0 Å². The van der Waals surface area contributed by atoms with Gasteiger partial charge in [-0.25, -0.2) is 9.97 Å². The van der Waals surface area contributed by atoms with Crippen molar-refractivity contribution < 1.29 is 0 Å². The molecule has 1 aromatic carbocycles. The van der Waals surface area contributed by atoms with Crippen LogP contribution >= 0.6 is 0 Å². The Morgan fingerprint density at radius 2 is 1.96 bits per heavy atom. The first-order valence-corrected chi connectivity index (χ1v) is 8.27. The van der Waals surface area contributed by atoms with E-state index in [1.165, 1.54) is 5.56 Å². The molecule has 0 aliphatic carbocycles. The Labute approximate surface area is 147 Å². The molecule has 0 radical (unpaired) electrons. The molecule has 0 atom stereocenters. The van der Waals surface area contributed by atoms with Crippen molar-refractivity contribution in [3.63, 3.8) is 0 Å². The largest absolute Gasteiger partial charge is 0.356 e. The molecule has 0 bridgehead atoms. The van der Waals surface area contributed by atoms with Crippen molar-refractivity contribution in [3.05, 3.63) is 78.5 Å². The minimum Gasteiger partial charge on any atom is -0.356 e. The first-order chi connectivity index (χ1) is 12.3. The lowest BCUT2D eigenvalue weighted by atomic mass is 10.1. The number of benzene rings is 1. The average Bonchev–Trinajstić information content (AvgIpc) is 3.20. The Hall–Kier alpha value is -3.15. The summed E-state index contributed by atoms with van der Waals surface area (Å²) in [6, 6.07) is 14.4. The molecular formula is C19H22N6. The van der Waals surface area contributed by atoms with Crippen molar-refractivity contribution in [3.8, 4) is 5.82 Å². The highest BCUT2D eigenvalue weighted by Crippen LogP contribution is 2.06. The predicted molar refractivity (Wildman–Crippen MR) is 99.7 cm³/mol. The molecule has 128 valence electrons. The number of hydrogen-bond acceptors (Lipinski definition) is 3. The third kappa shape index (κ3) is 4.91. The zero-order valence-electron chi connectivity index (χ0n) is 14.3. The summed E-state index contributed by atoms with van der Waals surface area (Å²) in [4.78, 5) is 12.7. The number of pyridine rings is 1. The van der Waals surface area contributed by atoms with E-state index in [0.29, 0.717) is 6.54 Å². The summed E-state index contributed by atoms with van der Waals surface area (Å²) in [6.45, 7) is 1.51. The molecule has 3 aromatic rings. The maximum Gasteiger partial charge on any atom is 0.191 e. The highest BCUT2D eigenvalue weighted by molar-refractivity contribution is 5.79. The fourth-order valence-corrected chi connectivity index (χ4v) is 2.48. The fraction of sp³-hybridized carbons (Fsp3) is 0.211. The van der Waals surface area contributed by atoms with Crippen LogP contribution in [-0.4, -0.2) is 34.1 Å². The monoisotopic (exact) mass is 334 g/mol. The number of nitrogens with one attached hydrogen (secondary N) is 2. The predicted octanol–water partition coefficient (Wildman–Crippen LogP) is 2.17. The van der Waals surface area contributed by atoms with Crippen LogP contribution in [-0.2, 0) is 13.0 Å². The Kier molecular flexibility index (Phi) is 5.77. The summed E-state index contributed by atoms with van der Waals surface area (Å²) in [5, 5.41) is 6.67. The zero-order chi connectivity index (χ0) is 17.3. The molecule has 2 aromatic heterocycles. The minimum atomic E-state index is 0.676. The number of rotatable bonds is 6. The van der Waals surface area contributed by atoms with Gasteiger partial charge in [-0.05, 0) is 29.7 Å². The molecule has 0 saturated heterocycles. The van der Waals surface area contributed by atoms with Crippen LogP contribution in [0.4, 0.5) is 0 Å². The van der Waals surface area contributed by atoms with Gasteiger partial charge in [0.2, 0.25) is 0 Å². The average molecular weight is 334 g/mol. The molecule has 3 rings (SSSR count). The van der Waals surface area contributed by atoms with E-state index in [1.54, 1.807) is 25.8 Å². The third-order valence-corrected chi connectivity index (χ3v) is 3.81. The topological polar surface area (TPSA) is 67.1 Å². The highest BCUT2D eigenvalue weighted by Gasteiger charge is 2.02. The quantitative estimate of drug-likeness (QED) is 0.536. The summed E-state index contributed by atoms with van der Waals surface area (Å²) >= 11 is 0. The molecule has 0 aliphatic rings. The second kappa shape index (κ2) is 8.63. The summed E-state index contributed by atoms with van der Waals surface area (Å²) < 4.78 is 1.89. The van der Waals surface area contributed by atoms with E-state index in [4.69, 9.17) is 0 Å². The van der Waals surface area contributed by atoms with Crippen LogP contribution in [0.2, 0.25) is 0 Å². The Balaban J connectivity index is 1.50. The van der Waals surface area contributed by atoms with Crippen LogP contribution in [0.15, 0.2) is 72.4 Å². The fourth-order valence-electron chi connectivity index (χ4n) is 2.48. The molecule has 0 amide bonds. The van der Waals surface area contributed by atoms with Crippen molar-refractivity contribution in [2.45, 2.75) is 13.0 Å².